The lowest BCUT2D eigenvalue weighted by Crippen LogP contribution is -2.30. The maximum atomic E-state index is 12.3. The van der Waals surface area contributed by atoms with Gasteiger partial charge in [-0.15, -0.1) is 0 Å². The Balaban J connectivity index is 1.59. The number of carbonyl (C=O) groups is 1. The maximum Gasteiger partial charge on any atom is 0.269 e. The fourth-order valence-electron chi connectivity index (χ4n) is 2.26. The molecule has 3 rings (SSSR count). The van der Waals surface area contributed by atoms with Crippen molar-refractivity contribution in [2.45, 2.75) is 13.5 Å². The average Bonchev–Trinajstić information content (AvgIpc) is 3.26. The Morgan fingerprint density at radius 2 is 2.17 bits per heavy atom. The van der Waals surface area contributed by atoms with Crippen molar-refractivity contribution >= 4 is 5.91 Å². The van der Waals surface area contributed by atoms with E-state index in [-0.39, 0.29) is 5.91 Å². The third kappa shape index (κ3) is 3.82. The Kier molecular flexibility index (Phi) is 4.46. The second-order valence-electron chi connectivity index (χ2n) is 5.41. The van der Waals surface area contributed by atoms with Gasteiger partial charge in [0.15, 0.2) is 5.82 Å². The van der Waals surface area contributed by atoms with Crippen LogP contribution in [-0.2, 0) is 6.54 Å². The van der Waals surface area contributed by atoms with E-state index in [2.05, 4.69) is 27.3 Å². The van der Waals surface area contributed by atoms with Crippen LogP contribution in [-0.4, -0.2) is 36.8 Å². The Hall–Kier alpha value is -2.96. The van der Waals surface area contributed by atoms with Gasteiger partial charge in [-0.3, -0.25) is 4.79 Å². The molecule has 7 heteroatoms. The molecule has 0 unspecified atom stereocenters. The molecule has 3 aromatic rings. The minimum Gasteiger partial charge on any atom is -0.350 e. The highest BCUT2D eigenvalue weighted by molar-refractivity contribution is 5.92. The number of imidazole rings is 1. The molecule has 3 heterocycles. The van der Waals surface area contributed by atoms with Gasteiger partial charge in [-0.05, 0) is 24.1 Å². The Labute approximate surface area is 134 Å². The van der Waals surface area contributed by atoms with Gasteiger partial charge in [0.1, 0.15) is 5.69 Å². The van der Waals surface area contributed by atoms with Crippen molar-refractivity contribution in [3.05, 3.63) is 61.1 Å². The van der Waals surface area contributed by atoms with Crippen LogP contribution in [0.3, 0.4) is 0 Å². The molecule has 0 aliphatic rings. The first-order valence-electron chi connectivity index (χ1n) is 7.43. The average molecular weight is 310 g/mol. The van der Waals surface area contributed by atoms with Crippen molar-refractivity contribution in [1.29, 1.82) is 0 Å². The highest BCUT2D eigenvalue weighted by atomic mass is 16.1. The summed E-state index contributed by atoms with van der Waals surface area (Å²) in [4.78, 5) is 20.6. The van der Waals surface area contributed by atoms with E-state index < -0.39 is 0 Å². The Morgan fingerprint density at radius 3 is 2.91 bits per heavy atom. The summed E-state index contributed by atoms with van der Waals surface area (Å²) in [5.74, 6) is 0.730. The number of aromatic nitrogens is 5. The first-order chi connectivity index (χ1) is 11.2. The zero-order valence-corrected chi connectivity index (χ0v) is 12.8. The molecule has 0 radical (unpaired) electrons. The molecule has 1 N–H and O–H groups in total. The number of hydrogen-bond acceptors (Lipinski definition) is 4. The summed E-state index contributed by atoms with van der Waals surface area (Å²) in [5, 5.41) is 7.04. The Bertz CT molecular complexity index is 751. The van der Waals surface area contributed by atoms with Crippen LogP contribution >= 0.6 is 0 Å². The lowest BCUT2D eigenvalue weighted by molar-refractivity contribution is 0.0942. The molecular weight excluding hydrogens is 292 g/mol. The van der Waals surface area contributed by atoms with Crippen molar-refractivity contribution in [2.24, 2.45) is 5.92 Å². The predicted molar refractivity (Wildman–Crippen MR) is 85.1 cm³/mol. The van der Waals surface area contributed by atoms with Gasteiger partial charge >= 0.3 is 0 Å². The van der Waals surface area contributed by atoms with Gasteiger partial charge in [-0.2, -0.15) is 5.10 Å². The largest absolute Gasteiger partial charge is 0.350 e. The smallest absolute Gasteiger partial charge is 0.269 e. The molecule has 0 aliphatic carbocycles. The Morgan fingerprint density at radius 1 is 1.26 bits per heavy atom. The first kappa shape index (κ1) is 15.0. The SMILES string of the molecule is C[C@@H](CNC(=O)c1cccc(-n2cccn2)n1)Cn1ccnc1. The summed E-state index contributed by atoms with van der Waals surface area (Å²) in [6, 6.07) is 7.12. The zero-order chi connectivity index (χ0) is 16.1. The summed E-state index contributed by atoms with van der Waals surface area (Å²) >= 11 is 0. The number of hydrogen-bond donors (Lipinski definition) is 1. The van der Waals surface area contributed by atoms with E-state index in [1.54, 1.807) is 41.7 Å². The van der Waals surface area contributed by atoms with Gasteiger partial charge in [0.05, 0.1) is 6.33 Å². The molecular formula is C16H18N6O. The quantitative estimate of drug-likeness (QED) is 0.749. The van der Waals surface area contributed by atoms with E-state index in [1.165, 1.54) is 0 Å². The molecule has 0 fully saturated rings. The van der Waals surface area contributed by atoms with Crippen LogP contribution in [0.15, 0.2) is 55.4 Å². The van der Waals surface area contributed by atoms with E-state index >= 15 is 0 Å². The molecule has 7 nitrogen and oxygen atoms in total. The van der Waals surface area contributed by atoms with Crippen LogP contribution < -0.4 is 5.32 Å². The van der Waals surface area contributed by atoms with Gasteiger partial charge in [0.2, 0.25) is 0 Å². The van der Waals surface area contributed by atoms with Crippen molar-refractivity contribution in [2.75, 3.05) is 6.54 Å². The van der Waals surface area contributed by atoms with Gasteiger partial charge < -0.3 is 9.88 Å². The normalized spacial score (nSPS) is 12.0. The van der Waals surface area contributed by atoms with Gasteiger partial charge in [0, 0.05) is 37.9 Å². The summed E-state index contributed by atoms with van der Waals surface area (Å²) in [6.07, 6.45) is 8.89. The van der Waals surface area contributed by atoms with Crippen molar-refractivity contribution in [3.8, 4) is 5.82 Å². The standard InChI is InChI=1S/C16H18N6O/c1-13(11-21-9-7-17-12-21)10-18-16(23)14-4-2-5-15(20-14)22-8-3-6-19-22/h2-9,12-13H,10-11H2,1H3,(H,18,23)/t13-/m0/s1. The molecule has 0 bridgehead atoms. The number of carbonyl (C=O) groups excluding carboxylic acids is 1. The van der Waals surface area contributed by atoms with Crippen LogP contribution in [0.5, 0.6) is 0 Å². The van der Waals surface area contributed by atoms with Gasteiger partial charge in [0.25, 0.3) is 5.91 Å². The van der Waals surface area contributed by atoms with E-state index in [1.807, 2.05) is 22.9 Å². The minimum absolute atomic E-state index is 0.184. The molecule has 0 spiro atoms. The third-order valence-electron chi connectivity index (χ3n) is 3.40. The van der Waals surface area contributed by atoms with E-state index in [0.717, 1.165) is 6.54 Å². The lowest BCUT2D eigenvalue weighted by Gasteiger charge is -2.13. The first-order valence-corrected chi connectivity index (χ1v) is 7.43. The number of nitrogens with zero attached hydrogens (tertiary/aromatic N) is 5. The number of amides is 1. The number of rotatable bonds is 6. The number of pyridine rings is 1. The molecule has 0 aliphatic heterocycles. The molecule has 1 amide bonds. The molecule has 1 atom stereocenters. The molecule has 0 aromatic carbocycles. The zero-order valence-electron chi connectivity index (χ0n) is 12.8. The molecule has 23 heavy (non-hydrogen) atoms. The van der Waals surface area contributed by atoms with Gasteiger partial charge in [-0.1, -0.05) is 13.0 Å². The van der Waals surface area contributed by atoms with Crippen molar-refractivity contribution in [1.82, 2.24) is 29.6 Å². The van der Waals surface area contributed by atoms with Crippen LogP contribution in [0, 0.1) is 5.92 Å². The summed E-state index contributed by atoms with van der Waals surface area (Å²) in [6.45, 7) is 3.46. The minimum atomic E-state index is -0.184. The van der Waals surface area contributed by atoms with Crippen LogP contribution in [0.1, 0.15) is 17.4 Å². The molecule has 118 valence electrons. The van der Waals surface area contributed by atoms with Crippen LogP contribution in [0.25, 0.3) is 5.82 Å². The summed E-state index contributed by atoms with van der Waals surface area (Å²) in [7, 11) is 0. The molecule has 0 saturated carbocycles. The molecule has 3 aromatic heterocycles. The van der Waals surface area contributed by atoms with Crippen LogP contribution in [0.2, 0.25) is 0 Å². The topological polar surface area (TPSA) is 77.6 Å². The summed E-state index contributed by atoms with van der Waals surface area (Å²) < 4.78 is 3.62. The van der Waals surface area contributed by atoms with Crippen molar-refractivity contribution < 1.29 is 4.79 Å². The van der Waals surface area contributed by atoms with E-state index in [4.69, 9.17) is 0 Å². The third-order valence-corrected chi connectivity index (χ3v) is 3.40. The second-order valence-corrected chi connectivity index (χ2v) is 5.41. The van der Waals surface area contributed by atoms with Crippen LogP contribution in [0.4, 0.5) is 0 Å². The fraction of sp³-hybridized carbons (Fsp3) is 0.250. The predicted octanol–water partition coefficient (Wildman–Crippen LogP) is 1.53. The fourth-order valence-corrected chi connectivity index (χ4v) is 2.26. The summed E-state index contributed by atoms with van der Waals surface area (Å²) in [5.41, 5.74) is 0.382. The van der Waals surface area contributed by atoms with Gasteiger partial charge in [-0.25, -0.2) is 14.6 Å². The molecule has 0 saturated heterocycles. The monoisotopic (exact) mass is 310 g/mol. The maximum absolute atomic E-state index is 12.3. The highest BCUT2D eigenvalue weighted by Crippen LogP contribution is 2.05. The van der Waals surface area contributed by atoms with Crippen molar-refractivity contribution in [3.63, 3.8) is 0 Å². The second kappa shape index (κ2) is 6.87. The van der Waals surface area contributed by atoms with E-state index in [0.29, 0.717) is 24.0 Å². The lowest BCUT2D eigenvalue weighted by atomic mass is 10.2. The highest BCUT2D eigenvalue weighted by Gasteiger charge is 2.11. The van der Waals surface area contributed by atoms with E-state index in [9.17, 15) is 4.79 Å². The number of nitrogens with one attached hydrogen (secondary N) is 1.